The van der Waals surface area contributed by atoms with Gasteiger partial charge in [0.05, 0.1) is 7.11 Å². The zero-order valence-corrected chi connectivity index (χ0v) is 15.1. The summed E-state index contributed by atoms with van der Waals surface area (Å²) in [5, 5.41) is 2.70. The van der Waals surface area contributed by atoms with Crippen LogP contribution in [0.4, 0.5) is 4.79 Å². The Kier molecular flexibility index (Phi) is 5.75. The van der Waals surface area contributed by atoms with Gasteiger partial charge in [-0.2, -0.15) is 0 Å². The van der Waals surface area contributed by atoms with Crippen LogP contribution in [0.2, 0.25) is 0 Å². The summed E-state index contributed by atoms with van der Waals surface area (Å²) in [5.74, 6) is 0.602. The van der Waals surface area contributed by atoms with Crippen LogP contribution >= 0.6 is 0 Å². The number of nitrogens with zero attached hydrogens (tertiary/aromatic N) is 2. The average molecular weight is 359 g/mol. The molecule has 7 nitrogen and oxygen atoms in total. The van der Waals surface area contributed by atoms with Crippen molar-refractivity contribution in [3.63, 3.8) is 0 Å². The maximum Gasteiger partial charge on any atom is 0.324 e. The van der Waals surface area contributed by atoms with Crippen LogP contribution in [-0.4, -0.2) is 60.4 Å². The molecule has 0 bridgehead atoms. The van der Waals surface area contributed by atoms with Gasteiger partial charge in [0.15, 0.2) is 0 Å². The summed E-state index contributed by atoms with van der Waals surface area (Å²) in [4.78, 5) is 39.8. The van der Waals surface area contributed by atoms with Gasteiger partial charge in [-0.25, -0.2) is 4.79 Å². The van der Waals surface area contributed by atoms with Crippen LogP contribution in [0.15, 0.2) is 24.3 Å². The van der Waals surface area contributed by atoms with E-state index in [0.717, 1.165) is 37.2 Å². The Labute approximate surface area is 153 Å². The summed E-state index contributed by atoms with van der Waals surface area (Å²) in [6.07, 6.45) is 3.33. The van der Waals surface area contributed by atoms with Crippen LogP contribution in [-0.2, 0) is 16.0 Å². The molecule has 140 valence electrons. The normalized spacial score (nSPS) is 19.8. The lowest BCUT2D eigenvalue weighted by molar-refractivity contribution is -0.131. The van der Waals surface area contributed by atoms with Crippen LogP contribution < -0.4 is 10.1 Å². The van der Waals surface area contributed by atoms with Gasteiger partial charge in [-0.15, -0.1) is 0 Å². The topological polar surface area (TPSA) is 79.0 Å². The molecule has 1 atom stereocenters. The Morgan fingerprint density at radius 2 is 1.88 bits per heavy atom. The monoisotopic (exact) mass is 359 g/mol. The molecular formula is C19H25N3O4. The van der Waals surface area contributed by atoms with Crippen molar-refractivity contribution in [2.24, 2.45) is 0 Å². The molecule has 2 aliphatic rings. The molecule has 2 aliphatic heterocycles. The molecule has 1 N–H and O–H groups in total. The van der Waals surface area contributed by atoms with Crippen LogP contribution in [0.25, 0.3) is 0 Å². The third-order valence-electron chi connectivity index (χ3n) is 5.00. The number of rotatable bonds is 7. The highest BCUT2D eigenvalue weighted by Crippen LogP contribution is 2.16. The van der Waals surface area contributed by atoms with Crippen LogP contribution in [0.1, 0.15) is 31.2 Å². The number of likely N-dealkylation sites (tertiary alicyclic amines) is 1. The molecule has 2 saturated heterocycles. The fourth-order valence-electron chi connectivity index (χ4n) is 3.41. The van der Waals surface area contributed by atoms with E-state index in [-0.39, 0.29) is 17.8 Å². The van der Waals surface area contributed by atoms with Gasteiger partial charge in [0.25, 0.3) is 5.91 Å². The second-order valence-electron chi connectivity index (χ2n) is 6.72. The molecule has 0 saturated carbocycles. The predicted octanol–water partition coefficient (Wildman–Crippen LogP) is 1.56. The van der Waals surface area contributed by atoms with E-state index in [1.54, 1.807) is 7.11 Å². The SMILES string of the molecule is COc1ccc(CCN2C(=O)N[C@@H](CCC(=O)N3CCCC3)C2=O)cc1. The van der Waals surface area contributed by atoms with Gasteiger partial charge in [0.1, 0.15) is 11.8 Å². The molecule has 7 heteroatoms. The van der Waals surface area contributed by atoms with Gasteiger partial charge in [0, 0.05) is 26.1 Å². The van der Waals surface area contributed by atoms with Gasteiger partial charge in [-0.3, -0.25) is 14.5 Å². The number of amides is 4. The highest BCUT2D eigenvalue weighted by atomic mass is 16.5. The fraction of sp³-hybridized carbons (Fsp3) is 0.526. The van der Waals surface area contributed by atoms with Gasteiger partial charge >= 0.3 is 6.03 Å². The molecule has 0 unspecified atom stereocenters. The summed E-state index contributed by atoms with van der Waals surface area (Å²) in [6.45, 7) is 1.93. The largest absolute Gasteiger partial charge is 0.497 e. The quantitative estimate of drug-likeness (QED) is 0.750. The summed E-state index contributed by atoms with van der Waals surface area (Å²) < 4.78 is 5.12. The summed E-state index contributed by atoms with van der Waals surface area (Å²) >= 11 is 0. The van der Waals surface area contributed by atoms with Crippen LogP contribution in [0.3, 0.4) is 0 Å². The van der Waals surface area contributed by atoms with Gasteiger partial charge in [-0.05, 0) is 43.4 Å². The molecule has 4 amide bonds. The zero-order valence-electron chi connectivity index (χ0n) is 15.1. The molecule has 3 rings (SSSR count). The molecular weight excluding hydrogens is 334 g/mol. The molecule has 26 heavy (non-hydrogen) atoms. The molecule has 0 aliphatic carbocycles. The number of methoxy groups -OCH3 is 1. The maximum absolute atomic E-state index is 12.5. The van der Waals surface area contributed by atoms with Crippen molar-refractivity contribution in [1.29, 1.82) is 0 Å². The Bertz CT molecular complexity index is 668. The predicted molar refractivity (Wildman–Crippen MR) is 95.8 cm³/mol. The first kappa shape index (κ1) is 18.2. The van der Waals surface area contributed by atoms with Crippen LogP contribution in [0.5, 0.6) is 5.75 Å². The smallest absolute Gasteiger partial charge is 0.324 e. The first-order valence-corrected chi connectivity index (χ1v) is 9.11. The summed E-state index contributed by atoms with van der Waals surface area (Å²) in [6, 6.07) is 6.58. The minimum atomic E-state index is -0.593. The van der Waals surface area contributed by atoms with Crippen molar-refractivity contribution < 1.29 is 19.1 Å². The lowest BCUT2D eigenvalue weighted by Gasteiger charge is -2.16. The number of ether oxygens (including phenoxy) is 1. The van der Waals surface area contributed by atoms with Crippen molar-refractivity contribution >= 4 is 17.8 Å². The van der Waals surface area contributed by atoms with E-state index in [2.05, 4.69) is 5.32 Å². The van der Waals surface area contributed by atoms with Crippen LogP contribution in [0, 0.1) is 0 Å². The lowest BCUT2D eigenvalue weighted by Crippen LogP contribution is -2.34. The van der Waals surface area contributed by atoms with Crippen molar-refractivity contribution in [2.45, 2.75) is 38.1 Å². The van der Waals surface area contributed by atoms with E-state index in [0.29, 0.717) is 25.8 Å². The van der Waals surface area contributed by atoms with Crippen molar-refractivity contribution in [3.8, 4) is 5.75 Å². The third kappa shape index (κ3) is 4.15. The van der Waals surface area contributed by atoms with E-state index in [9.17, 15) is 14.4 Å². The summed E-state index contributed by atoms with van der Waals surface area (Å²) in [7, 11) is 1.61. The Morgan fingerprint density at radius 1 is 1.19 bits per heavy atom. The third-order valence-corrected chi connectivity index (χ3v) is 5.00. The molecule has 0 radical (unpaired) electrons. The molecule has 0 aromatic heterocycles. The zero-order chi connectivity index (χ0) is 18.5. The standard InChI is InChI=1S/C19H25N3O4/c1-26-15-6-4-14(5-7-15)10-13-22-18(24)16(20-19(22)25)8-9-17(23)21-11-2-3-12-21/h4-7,16H,2-3,8-13H2,1H3,(H,20,25)/t16-/m0/s1. The molecule has 1 aromatic carbocycles. The van der Waals surface area contributed by atoms with E-state index >= 15 is 0 Å². The van der Waals surface area contributed by atoms with Crippen molar-refractivity contribution in [2.75, 3.05) is 26.7 Å². The minimum absolute atomic E-state index is 0.0706. The number of carbonyl (C=O) groups is 3. The van der Waals surface area contributed by atoms with Crippen molar-refractivity contribution in [3.05, 3.63) is 29.8 Å². The average Bonchev–Trinajstić information content (AvgIpc) is 3.28. The second kappa shape index (κ2) is 8.21. The highest BCUT2D eigenvalue weighted by Gasteiger charge is 2.37. The highest BCUT2D eigenvalue weighted by molar-refractivity contribution is 6.04. The number of imide groups is 1. The second-order valence-corrected chi connectivity index (χ2v) is 6.72. The van der Waals surface area contributed by atoms with Gasteiger partial charge in [-0.1, -0.05) is 12.1 Å². The number of carbonyl (C=O) groups excluding carboxylic acids is 3. The number of urea groups is 1. The van der Waals surface area contributed by atoms with E-state index in [1.807, 2.05) is 29.2 Å². The van der Waals surface area contributed by atoms with Gasteiger partial charge in [0.2, 0.25) is 5.91 Å². The molecule has 2 heterocycles. The lowest BCUT2D eigenvalue weighted by atomic mass is 10.1. The van der Waals surface area contributed by atoms with E-state index in [4.69, 9.17) is 4.74 Å². The van der Waals surface area contributed by atoms with E-state index in [1.165, 1.54) is 4.90 Å². The number of hydrogen-bond donors (Lipinski definition) is 1. The minimum Gasteiger partial charge on any atom is -0.497 e. The first-order valence-electron chi connectivity index (χ1n) is 9.11. The molecule has 1 aromatic rings. The maximum atomic E-state index is 12.5. The van der Waals surface area contributed by atoms with Crippen molar-refractivity contribution in [1.82, 2.24) is 15.1 Å². The van der Waals surface area contributed by atoms with E-state index < -0.39 is 6.04 Å². The molecule has 2 fully saturated rings. The Balaban J connectivity index is 1.48. The Morgan fingerprint density at radius 3 is 2.54 bits per heavy atom. The fourth-order valence-corrected chi connectivity index (χ4v) is 3.41. The first-order chi connectivity index (χ1) is 12.6. The van der Waals surface area contributed by atoms with Gasteiger partial charge < -0.3 is 15.0 Å². The number of hydrogen-bond acceptors (Lipinski definition) is 4. The summed E-state index contributed by atoms with van der Waals surface area (Å²) in [5.41, 5.74) is 1.03. The number of benzene rings is 1. The Hall–Kier alpha value is -2.57. The number of nitrogens with one attached hydrogen (secondary N) is 1. The molecule has 0 spiro atoms.